The van der Waals surface area contributed by atoms with Crippen molar-refractivity contribution >= 4 is 49.3 Å². The maximum absolute atomic E-state index is 9.22. The van der Waals surface area contributed by atoms with Crippen LogP contribution in [0.4, 0.5) is 5.69 Å². The van der Waals surface area contributed by atoms with Crippen LogP contribution in [0.5, 0.6) is 0 Å². The molecule has 0 fully saturated rings. The Morgan fingerprint density at radius 1 is 0.267 bits per heavy atom. The Labute approximate surface area is 525 Å². The van der Waals surface area contributed by atoms with Crippen molar-refractivity contribution in [3.8, 4) is 101 Å². The molecule has 3 heterocycles. The van der Waals surface area contributed by atoms with Crippen molar-refractivity contribution in [3.63, 3.8) is 0 Å². The van der Waals surface area contributed by atoms with E-state index < -0.39 is 0 Å². The van der Waals surface area contributed by atoms with E-state index in [-0.39, 0.29) is 0 Å². The summed E-state index contributed by atoms with van der Waals surface area (Å²) >= 11 is 0. The molecule has 3 aromatic heterocycles. The molecule has 0 aliphatic carbocycles. The van der Waals surface area contributed by atoms with E-state index in [1.54, 1.807) is 0 Å². The zero-order chi connectivity index (χ0) is 61.5. The van der Waals surface area contributed by atoms with Crippen LogP contribution >= 0.6 is 0 Å². The highest BCUT2D eigenvalue weighted by molar-refractivity contribution is 6.14. The van der Waals surface area contributed by atoms with E-state index in [1.165, 1.54) is 66.8 Å². The lowest BCUT2D eigenvalue weighted by atomic mass is 9.96. The van der Waals surface area contributed by atoms with Gasteiger partial charge in [0.05, 0.1) is 34.3 Å². The van der Waals surface area contributed by atoms with Crippen molar-refractivity contribution < 1.29 is 0 Å². The molecular weight excluding hydrogens is 1090 g/mol. The second-order valence-corrected chi connectivity index (χ2v) is 24.7. The largest absolute Gasteiger partial charge is 0.310 e. The molecule has 0 amide bonds. The third-order valence-corrected chi connectivity index (χ3v) is 17.6. The molecule has 15 rings (SSSR count). The molecule has 0 spiro atoms. The maximum Gasteiger partial charge on any atom is 0.197 e. The first-order valence-corrected chi connectivity index (χ1v) is 30.8. The fraction of sp³-hybridized carbons (Fsp3) is 0.0952. The fourth-order valence-electron chi connectivity index (χ4n) is 13.9. The fourth-order valence-corrected chi connectivity index (χ4v) is 13.9. The molecule has 0 aliphatic heterocycles. The summed E-state index contributed by atoms with van der Waals surface area (Å²) in [5.41, 5.74) is 29.7. The molecule has 0 radical (unpaired) electrons. The summed E-state index contributed by atoms with van der Waals surface area (Å²) in [6.07, 6.45) is 0. The molecule has 0 unspecified atom stereocenters. The predicted octanol–water partition coefficient (Wildman–Crippen LogP) is 22.4. The first-order chi connectivity index (χ1) is 43.8. The molecule has 15 aromatic rings. The highest BCUT2D eigenvalue weighted by atomic mass is 15.0. The molecule has 6 nitrogen and oxygen atoms in total. The van der Waals surface area contributed by atoms with Gasteiger partial charge in [0.25, 0.3) is 0 Å². The van der Waals surface area contributed by atoms with Gasteiger partial charge >= 0.3 is 0 Å². The highest BCUT2D eigenvalue weighted by Gasteiger charge is 2.26. The number of rotatable bonds is 10. The van der Waals surface area contributed by atoms with Gasteiger partial charge in [-0.1, -0.05) is 214 Å². The van der Waals surface area contributed by atoms with Gasteiger partial charge < -0.3 is 9.13 Å². The molecule has 0 aliphatic rings. The number of aromatic nitrogens is 5. The molecule has 90 heavy (non-hydrogen) atoms. The van der Waals surface area contributed by atoms with Gasteiger partial charge in [-0.25, -0.2) is 19.8 Å². The summed E-state index contributed by atoms with van der Waals surface area (Å²) in [6, 6.07) is 87.9. The molecule has 0 saturated heterocycles. The molecule has 0 bridgehead atoms. The van der Waals surface area contributed by atoms with E-state index in [0.717, 1.165) is 105 Å². The Bertz CT molecular complexity index is 5110. The molecule has 0 N–H and O–H groups in total. The van der Waals surface area contributed by atoms with Crippen molar-refractivity contribution in [1.82, 2.24) is 24.1 Å². The summed E-state index contributed by atoms with van der Waals surface area (Å²) < 4.78 is 4.81. The smallest absolute Gasteiger partial charge is 0.197 e. The average molecular weight is 1160 g/mol. The maximum atomic E-state index is 9.22. The number of aryl methyl sites for hydroxylation is 8. The predicted molar refractivity (Wildman–Crippen MR) is 376 cm³/mol. The second-order valence-electron chi connectivity index (χ2n) is 24.7. The summed E-state index contributed by atoms with van der Waals surface area (Å²) in [6.45, 7) is 26.6. The van der Waals surface area contributed by atoms with Crippen molar-refractivity contribution in [2.24, 2.45) is 0 Å². The molecule has 0 atom stereocenters. The van der Waals surface area contributed by atoms with Gasteiger partial charge in [0.1, 0.15) is 0 Å². The van der Waals surface area contributed by atoms with Crippen LogP contribution in [0.2, 0.25) is 0 Å². The Balaban J connectivity index is 1.05. The molecule has 12 aromatic carbocycles. The first-order valence-electron chi connectivity index (χ1n) is 30.8. The monoisotopic (exact) mass is 1160 g/mol. The third kappa shape index (κ3) is 10.0. The Kier molecular flexibility index (Phi) is 13.6. The van der Waals surface area contributed by atoms with E-state index >= 15 is 0 Å². The normalized spacial score (nSPS) is 11.5. The van der Waals surface area contributed by atoms with Crippen LogP contribution in [0.1, 0.15) is 44.5 Å². The van der Waals surface area contributed by atoms with Crippen molar-refractivity contribution in [3.05, 3.63) is 299 Å². The van der Waals surface area contributed by atoms with Gasteiger partial charge in [-0.3, -0.25) is 0 Å². The second kappa shape index (κ2) is 22.2. The van der Waals surface area contributed by atoms with Gasteiger partial charge in [0.2, 0.25) is 0 Å². The molecular formula is C84H64N6. The van der Waals surface area contributed by atoms with E-state index in [0.29, 0.717) is 23.2 Å². The molecule has 430 valence electrons. The van der Waals surface area contributed by atoms with Crippen molar-refractivity contribution in [1.29, 1.82) is 0 Å². The van der Waals surface area contributed by atoms with E-state index in [2.05, 4.69) is 239 Å². The summed E-state index contributed by atoms with van der Waals surface area (Å²) in [5, 5.41) is 4.49. The van der Waals surface area contributed by atoms with E-state index in [9.17, 15) is 6.57 Å². The Morgan fingerprint density at radius 3 is 0.933 bits per heavy atom. The van der Waals surface area contributed by atoms with Gasteiger partial charge in [-0.05, 0) is 178 Å². The van der Waals surface area contributed by atoms with E-state index in [4.69, 9.17) is 15.0 Å². The summed E-state index contributed by atoms with van der Waals surface area (Å²) in [7, 11) is 0. The minimum atomic E-state index is 0.514. The quantitative estimate of drug-likeness (QED) is 0.128. The number of benzene rings is 12. The number of fused-ring (bicyclic) bond motifs is 6. The standard InChI is InChI=1S/C84H64N6/c1-50-33-51(2)38-65(37-50)60-23-28-75-69(45-60)70-46-61(66-39-52(3)34-53(4)40-66)24-29-76(70)89(75)79-32-27-64(84-87-82(58-17-12-10-13-18-58)86-83(88-84)59-19-14-11-15-20-59)49-73(79)81-74(85-9)21-16-22-80(81)90-77-30-25-62(67-41-54(5)35-55(6)42-67)47-71(77)72-48-63(26-31-78(72)90)68-43-56(7)36-57(8)44-68/h10-49H,1-8H3. The minimum Gasteiger partial charge on any atom is -0.310 e. The van der Waals surface area contributed by atoms with Crippen molar-refractivity contribution in [2.45, 2.75) is 55.4 Å². The minimum absolute atomic E-state index is 0.514. The molecule has 0 saturated carbocycles. The van der Waals surface area contributed by atoms with Gasteiger partial charge in [0, 0.05) is 49.5 Å². The van der Waals surface area contributed by atoms with Gasteiger partial charge in [-0.15, -0.1) is 0 Å². The zero-order valence-electron chi connectivity index (χ0n) is 51.8. The van der Waals surface area contributed by atoms with Gasteiger partial charge in [-0.2, -0.15) is 0 Å². The third-order valence-electron chi connectivity index (χ3n) is 17.6. The average Bonchev–Trinajstić information content (AvgIpc) is 1.55. The van der Waals surface area contributed by atoms with Crippen LogP contribution in [0.15, 0.2) is 243 Å². The lowest BCUT2D eigenvalue weighted by Gasteiger charge is -2.21. The lowest BCUT2D eigenvalue weighted by molar-refractivity contribution is 1.07. The van der Waals surface area contributed by atoms with Crippen LogP contribution in [0.3, 0.4) is 0 Å². The van der Waals surface area contributed by atoms with E-state index in [1.807, 2.05) is 72.8 Å². The highest BCUT2D eigenvalue weighted by Crippen LogP contribution is 2.48. The molecule has 6 heteroatoms. The van der Waals surface area contributed by atoms with Crippen molar-refractivity contribution in [2.75, 3.05) is 0 Å². The summed E-state index contributed by atoms with van der Waals surface area (Å²) in [5.74, 6) is 1.66. The number of hydrogen-bond acceptors (Lipinski definition) is 3. The number of hydrogen-bond donors (Lipinski definition) is 0. The topological polar surface area (TPSA) is 52.9 Å². The van der Waals surface area contributed by atoms with Gasteiger partial charge in [0.15, 0.2) is 23.2 Å². The van der Waals surface area contributed by atoms with Crippen LogP contribution in [-0.2, 0) is 0 Å². The lowest BCUT2D eigenvalue weighted by Crippen LogP contribution is -2.04. The Morgan fingerprint density at radius 2 is 0.589 bits per heavy atom. The van der Waals surface area contributed by atoms with Crippen LogP contribution in [0, 0.1) is 62.0 Å². The SMILES string of the molecule is [C-]#[N+]c1cccc(-n2c3ccc(-c4cc(C)cc(C)c4)cc3c3cc(-c4cc(C)cc(C)c4)ccc32)c1-c1cc(-c2nc(-c3ccccc3)nc(-c3ccccc3)n2)ccc1-n1c2ccc(-c3cc(C)cc(C)c3)cc2c2cc(-c3cc(C)cc(C)c3)ccc21. The first kappa shape index (κ1) is 55.3. The van der Waals surface area contributed by atoms with Crippen LogP contribution in [0.25, 0.3) is 150 Å². The van der Waals surface area contributed by atoms with Crippen LogP contribution < -0.4 is 0 Å². The summed E-state index contributed by atoms with van der Waals surface area (Å²) in [4.78, 5) is 20.2. The zero-order valence-corrected chi connectivity index (χ0v) is 51.8. The number of nitrogens with zero attached hydrogens (tertiary/aromatic N) is 6. The van der Waals surface area contributed by atoms with Crippen LogP contribution in [-0.4, -0.2) is 24.1 Å². The Hall–Kier alpha value is -11.3.